The van der Waals surface area contributed by atoms with Crippen LogP contribution < -0.4 is 9.47 Å². The van der Waals surface area contributed by atoms with Crippen LogP contribution in [0.25, 0.3) is 5.57 Å². The van der Waals surface area contributed by atoms with Crippen LogP contribution in [0.4, 0.5) is 4.79 Å². The van der Waals surface area contributed by atoms with E-state index in [0.29, 0.717) is 27.2 Å². The van der Waals surface area contributed by atoms with E-state index in [9.17, 15) is 24.3 Å². The number of aromatic hydroxyl groups is 1. The predicted octanol–water partition coefficient (Wildman–Crippen LogP) is 5.00. The molecule has 0 aromatic heterocycles. The van der Waals surface area contributed by atoms with E-state index in [1.807, 2.05) is 42.5 Å². The van der Waals surface area contributed by atoms with E-state index < -0.39 is 52.9 Å². The Bertz CT molecular complexity index is 1910. The number of imide groups is 3. The van der Waals surface area contributed by atoms with Gasteiger partial charge in [-0.2, -0.15) is 4.90 Å². The van der Waals surface area contributed by atoms with Gasteiger partial charge in [0.25, 0.3) is 0 Å². The third-order valence-corrected chi connectivity index (χ3v) is 10.5. The molecule has 48 heavy (non-hydrogen) atoms. The molecule has 1 N–H and O–H groups in total. The van der Waals surface area contributed by atoms with Gasteiger partial charge in [0.2, 0.25) is 11.8 Å². The summed E-state index contributed by atoms with van der Waals surface area (Å²) in [7, 11) is 3.97. The summed E-state index contributed by atoms with van der Waals surface area (Å²) in [4.78, 5) is 70.9. The van der Waals surface area contributed by atoms with Crippen LogP contribution in [0.3, 0.4) is 0 Å². The lowest BCUT2D eigenvalue weighted by atomic mass is 9.44. The highest BCUT2D eigenvalue weighted by atomic mass is 16.5. The van der Waals surface area contributed by atoms with Crippen molar-refractivity contribution in [1.29, 1.82) is 0 Å². The van der Waals surface area contributed by atoms with Gasteiger partial charge in [0.15, 0.2) is 11.6 Å². The fourth-order valence-corrected chi connectivity index (χ4v) is 8.67. The highest BCUT2D eigenvalue weighted by Crippen LogP contribution is 2.65. The molecule has 3 amide bonds. The molecular weight excluding hydrogens is 614 g/mol. The lowest BCUT2D eigenvalue weighted by Gasteiger charge is -2.55. The third-order valence-electron chi connectivity index (χ3n) is 10.5. The molecule has 0 radical (unpaired) electrons. The number of carbonyl (C=O) groups is 5. The second kappa shape index (κ2) is 11.6. The number of likely N-dealkylation sites (tertiary alicyclic amines) is 1. The van der Waals surface area contributed by atoms with Crippen LogP contribution in [0, 0.1) is 23.7 Å². The monoisotopic (exact) mass is 647 g/mol. The number of Topliss-reactive ketones (excluding diaryl/α,β-unsaturated/α-hetero) is 1. The maximum absolute atomic E-state index is 15.2. The van der Waals surface area contributed by atoms with Crippen molar-refractivity contribution in [3.05, 3.63) is 107 Å². The Balaban J connectivity index is 1.55. The Morgan fingerprint density at radius 2 is 1.48 bits per heavy atom. The summed E-state index contributed by atoms with van der Waals surface area (Å²) in [6.45, 7) is 0. The molecule has 4 aliphatic rings. The number of ketones is 2. The molecular formula is C38H33NO9. The number of methoxy groups -OCH3 is 3. The number of rotatable bonds is 5. The molecule has 1 saturated heterocycles. The first-order chi connectivity index (χ1) is 23.2. The van der Waals surface area contributed by atoms with E-state index in [0.717, 1.165) is 7.11 Å². The first kappa shape index (κ1) is 31.1. The van der Waals surface area contributed by atoms with Gasteiger partial charge in [-0.3, -0.25) is 19.2 Å². The van der Waals surface area contributed by atoms with E-state index >= 15 is 4.79 Å². The predicted molar refractivity (Wildman–Crippen MR) is 172 cm³/mol. The normalized spacial score (nSPS) is 27.7. The van der Waals surface area contributed by atoms with Crippen molar-refractivity contribution in [3.8, 4) is 17.2 Å². The first-order valence-electron chi connectivity index (χ1n) is 15.7. The molecule has 6 unspecified atom stereocenters. The van der Waals surface area contributed by atoms with Gasteiger partial charge in [-0.1, -0.05) is 72.3 Å². The van der Waals surface area contributed by atoms with Crippen LogP contribution in [0.5, 0.6) is 17.2 Å². The molecule has 1 aliphatic heterocycles. The number of ether oxygens (including phenoxy) is 3. The van der Waals surface area contributed by atoms with Crippen molar-refractivity contribution in [2.24, 2.45) is 23.7 Å². The van der Waals surface area contributed by atoms with E-state index in [4.69, 9.17) is 14.2 Å². The van der Waals surface area contributed by atoms with Crippen molar-refractivity contribution in [2.75, 3.05) is 21.3 Å². The number of allylic oxidation sites excluding steroid dienone is 4. The maximum Gasteiger partial charge on any atom is 0.423 e. The van der Waals surface area contributed by atoms with Crippen LogP contribution in [-0.4, -0.2) is 60.8 Å². The Labute approximate surface area is 276 Å². The van der Waals surface area contributed by atoms with Crippen LogP contribution in [0.2, 0.25) is 0 Å². The standard InChI is InChI=1S/C38H33NO9/c1-46-28-16-22(40)17-29(47-2)32(28)33-23-14-15-24-31(36(44)39(35(24)43)37(45)48-3)26(23)18-27-34(42)25(20-10-6-4-7-11-20)19-30(41)38(27,33)21-12-8-5-9-13-21/h4-14,16-17,19,24,26-27,31,33,40H,15,18H2,1-3H3. The van der Waals surface area contributed by atoms with E-state index in [-0.39, 0.29) is 47.2 Å². The van der Waals surface area contributed by atoms with Crippen molar-refractivity contribution in [1.82, 2.24) is 4.90 Å². The quantitative estimate of drug-likeness (QED) is 0.300. The zero-order chi connectivity index (χ0) is 33.9. The number of nitrogens with zero attached hydrogens (tertiary/aromatic N) is 1. The maximum atomic E-state index is 15.2. The lowest BCUT2D eigenvalue weighted by Crippen LogP contribution is -2.59. The van der Waals surface area contributed by atoms with Gasteiger partial charge in [0, 0.05) is 35.1 Å². The Kier molecular flexibility index (Phi) is 7.53. The summed E-state index contributed by atoms with van der Waals surface area (Å²) < 4.78 is 16.5. The van der Waals surface area contributed by atoms with Crippen LogP contribution in [0.1, 0.15) is 35.4 Å². The average Bonchev–Trinajstić information content (AvgIpc) is 3.37. The fraction of sp³-hybridized carbons (Fsp3) is 0.289. The minimum atomic E-state index is -1.53. The van der Waals surface area contributed by atoms with Crippen molar-refractivity contribution < 1.29 is 43.3 Å². The van der Waals surface area contributed by atoms with E-state index in [1.54, 1.807) is 24.3 Å². The molecule has 6 atom stereocenters. The third kappa shape index (κ3) is 4.28. The SMILES string of the molecule is COC(=O)N1C(=O)C2CC=C3C(CC4C(=O)C(c5ccccc5)=CC(=O)C4(c4ccccc4)C3c3c(OC)cc(O)cc3OC)C2C1=O. The van der Waals surface area contributed by atoms with E-state index in [2.05, 4.69) is 0 Å². The van der Waals surface area contributed by atoms with Crippen LogP contribution >= 0.6 is 0 Å². The minimum absolute atomic E-state index is 0.0594. The molecule has 10 heteroatoms. The second-order valence-corrected chi connectivity index (χ2v) is 12.5. The largest absolute Gasteiger partial charge is 0.508 e. The van der Waals surface area contributed by atoms with Gasteiger partial charge < -0.3 is 19.3 Å². The number of fused-ring (bicyclic) bond motifs is 4. The van der Waals surface area contributed by atoms with Crippen molar-refractivity contribution in [2.45, 2.75) is 24.2 Å². The van der Waals surface area contributed by atoms with Crippen molar-refractivity contribution in [3.63, 3.8) is 0 Å². The summed E-state index contributed by atoms with van der Waals surface area (Å²) in [5.41, 5.74) is 0.970. The average molecular weight is 648 g/mol. The highest BCUT2D eigenvalue weighted by Gasteiger charge is 2.67. The Hall–Kier alpha value is -5.51. The molecule has 7 rings (SSSR count). The molecule has 2 fully saturated rings. The number of phenolic OH excluding ortho intramolecular Hbond substituents is 1. The number of amides is 3. The summed E-state index contributed by atoms with van der Waals surface area (Å²) in [6.07, 6.45) is 2.40. The molecule has 0 bridgehead atoms. The van der Waals surface area contributed by atoms with Gasteiger partial charge in [0.05, 0.1) is 38.6 Å². The summed E-state index contributed by atoms with van der Waals surface area (Å²) in [5, 5.41) is 10.6. The fourth-order valence-electron chi connectivity index (χ4n) is 8.67. The Morgan fingerprint density at radius 1 is 0.854 bits per heavy atom. The number of hydrogen-bond donors (Lipinski definition) is 1. The molecule has 0 spiro atoms. The zero-order valence-corrected chi connectivity index (χ0v) is 26.5. The molecule has 244 valence electrons. The Morgan fingerprint density at radius 3 is 2.08 bits per heavy atom. The molecule has 3 aliphatic carbocycles. The molecule has 1 saturated carbocycles. The molecule has 3 aromatic rings. The zero-order valence-electron chi connectivity index (χ0n) is 26.5. The van der Waals surface area contributed by atoms with Gasteiger partial charge in [-0.25, -0.2) is 4.79 Å². The summed E-state index contributed by atoms with van der Waals surface area (Å²) >= 11 is 0. The number of hydrogen-bond acceptors (Lipinski definition) is 9. The van der Waals surface area contributed by atoms with Crippen molar-refractivity contribution >= 4 is 35.0 Å². The van der Waals surface area contributed by atoms with Gasteiger partial charge in [-0.05, 0) is 36.0 Å². The highest BCUT2D eigenvalue weighted by molar-refractivity contribution is 6.31. The van der Waals surface area contributed by atoms with Gasteiger partial charge in [0.1, 0.15) is 17.2 Å². The topological polar surface area (TPSA) is 137 Å². The number of phenols is 1. The van der Waals surface area contributed by atoms with E-state index in [1.165, 1.54) is 32.4 Å². The lowest BCUT2D eigenvalue weighted by molar-refractivity contribution is -0.138. The van der Waals surface area contributed by atoms with Gasteiger partial charge >= 0.3 is 6.09 Å². The number of carbonyl (C=O) groups excluding carboxylic acids is 5. The molecule has 1 heterocycles. The summed E-state index contributed by atoms with van der Waals surface area (Å²) in [5.74, 6) is -6.12. The van der Waals surface area contributed by atoms with Gasteiger partial charge in [-0.15, -0.1) is 0 Å². The smallest absolute Gasteiger partial charge is 0.423 e. The minimum Gasteiger partial charge on any atom is -0.508 e. The molecule has 10 nitrogen and oxygen atoms in total. The second-order valence-electron chi connectivity index (χ2n) is 12.5. The molecule has 3 aromatic carbocycles. The first-order valence-corrected chi connectivity index (χ1v) is 15.7. The summed E-state index contributed by atoms with van der Waals surface area (Å²) in [6, 6.07) is 20.9. The van der Waals surface area contributed by atoms with Crippen LogP contribution in [0.15, 0.2) is 90.5 Å². The van der Waals surface area contributed by atoms with Crippen LogP contribution in [-0.2, 0) is 29.3 Å². The number of benzene rings is 3.